The van der Waals surface area contributed by atoms with Gasteiger partial charge in [0.15, 0.2) is 5.65 Å². The van der Waals surface area contributed by atoms with Gasteiger partial charge in [-0.2, -0.15) is 0 Å². The highest BCUT2D eigenvalue weighted by atomic mass is 32.1. The van der Waals surface area contributed by atoms with Gasteiger partial charge in [0, 0.05) is 0 Å². The largest absolute Gasteiger partial charge is 0.272 e. The normalized spacial score (nSPS) is 10.5. The van der Waals surface area contributed by atoms with Gasteiger partial charge >= 0.3 is 0 Å². The van der Waals surface area contributed by atoms with Crippen molar-refractivity contribution in [1.29, 1.82) is 0 Å². The van der Waals surface area contributed by atoms with E-state index in [4.69, 9.17) is 0 Å². The molecule has 0 fully saturated rings. The molecule has 0 aliphatic carbocycles. The highest BCUT2D eigenvalue weighted by molar-refractivity contribution is 7.78. The summed E-state index contributed by atoms with van der Waals surface area (Å²) in [4.78, 5) is 11.7. The van der Waals surface area contributed by atoms with E-state index in [9.17, 15) is 0 Å². The summed E-state index contributed by atoms with van der Waals surface area (Å²) in [6, 6.07) is 0. The summed E-state index contributed by atoms with van der Waals surface area (Å²) in [5.74, 6) is 0. The summed E-state index contributed by atoms with van der Waals surface area (Å²) in [6.45, 7) is 0. The van der Waals surface area contributed by atoms with E-state index in [1.807, 2.05) is 0 Å². The van der Waals surface area contributed by atoms with E-state index in [0.29, 0.717) is 5.65 Å². The van der Waals surface area contributed by atoms with Crippen LogP contribution >= 0.6 is 12.8 Å². The molecule has 4 nitrogen and oxygen atoms in total. The van der Waals surface area contributed by atoms with Crippen LogP contribution in [0.15, 0.2) is 18.9 Å². The van der Waals surface area contributed by atoms with Crippen LogP contribution in [0.25, 0.3) is 11.2 Å². The first-order valence-corrected chi connectivity index (χ1v) is 3.10. The van der Waals surface area contributed by atoms with Crippen LogP contribution in [0.1, 0.15) is 0 Å². The van der Waals surface area contributed by atoms with Crippen LogP contribution in [0.5, 0.6) is 0 Å². The third-order valence-electron chi connectivity index (χ3n) is 1.21. The van der Waals surface area contributed by atoms with Gasteiger partial charge < -0.3 is 0 Å². The molecule has 50 valence electrons. The Bertz CT molecular complexity index is 355. The minimum Gasteiger partial charge on any atom is -0.272 e. The summed E-state index contributed by atoms with van der Waals surface area (Å²) >= 11 is 4.08. The topological polar surface area (TPSA) is 43.6 Å². The van der Waals surface area contributed by atoms with Crippen molar-refractivity contribution >= 4 is 24.0 Å². The second-order valence-corrected chi connectivity index (χ2v) is 2.25. The van der Waals surface area contributed by atoms with Gasteiger partial charge in [0.05, 0.1) is 6.20 Å². The quantitative estimate of drug-likeness (QED) is 0.560. The molecule has 0 unspecified atom stereocenters. The van der Waals surface area contributed by atoms with Crippen LogP contribution in [0.4, 0.5) is 0 Å². The first-order chi connectivity index (χ1) is 4.88. The van der Waals surface area contributed by atoms with Crippen molar-refractivity contribution in [3.63, 3.8) is 0 Å². The number of nitrogens with zero attached hydrogens (tertiary/aromatic N) is 4. The van der Waals surface area contributed by atoms with E-state index in [-0.39, 0.29) is 0 Å². The summed E-state index contributed by atoms with van der Waals surface area (Å²) in [7, 11) is 0. The molecule has 0 amide bonds. The van der Waals surface area contributed by atoms with Gasteiger partial charge in [-0.25, -0.2) is 15.0 Å². The maximum atomic E-state index is 4.08. The molecule has 0 bridgehead atoms. The molecule has 0 radical (unpaired) electrons. The fourth-order valence-corrected chi connectivity index (χ4v) is 0.941. The minimum absolute atomic E-state index is 0.671. The predicted octanol–water partition coefficient (Wildman–Crippen LogP) is 0.519. The van der Waals surface area contributed by atoms with Crippen LogP contribution < -0.4 is 0 Å². The molecule has 0 spiro atoms. The molecule has 0 aliphatic heterocycles. The monoisotopic (exact) mass is 152 g/mol. The molecule has 5 heteroatoms. The number of imidazole rings is 1. The molecular weight excluding hydrogens is 148 g/mol. The fraction of sp³-hybridized carbons (Fsp3) is 0. The highest BCUT2D eigenvalue weighted by Crippen LogP contribution is 2.07. The second kappa shape index (κ2) is 1.95. The van der Waals surface area contributed by atoms with E-state index in [2.05, 4.69) is 27.8 Å². The highest BCUT2D eigenvalue weighted by Gasteiger charge is 1.97. The lowest BCUT2D eigenvalue weighted by Gasteiger charge is -1.87. The van der Waals surface area contributed by atoms with E-state index in [1.54, 1.807) is 16.5 Å². The molecule has 0 saturated heterocycles. The Morgan fingerprint density at radius 1 is 1.40 bits per heavy atom. The lowest BCUT2D eigenvalue weighted by molar-refractivity contribution is 1.20. The van der Waals surface area contributed by atoms with E-state index >= 15 is 0 Å². The van der Waals surface area contributed by atoms with Crippen molar-refractivity contribution in [3.8, 4) is 0 Å². The Morgan fingerprint density at radius 3 is 3.10 bits per heavy atom. The Labute approximate surface area is 62.5 Å². The van der Waals surface area contributed by atoms with Crippen LogP contribution in [-0.2, 0) is 0 Å². The zero-order chi connectivity index (χ0) is 6.97. The van der Waals surface area contributed by atoms with E-state index in [1.165, 1.54) is 6.33 Å². The van der Waals surface area contributed by atoms with Gasteiger partial charge in [-0.15, -0.1) is 0 Å². The Hall–Kier alpha value is -1.10. The molecule has 2 heterocycles. The first kappa shape index (κ1) is 5.67. The van der Waals surface area contributed by atoms with Crippen molar-refractivity contribution in [3.05, 3.63) is 18.9 Å². The van der Waals surface area contributed by atoms with Crippen molar-refractivity contribution in [2.45, 2.75) is 0 Å². The molecular formula is C5H4N4S. The number of fused-ring (bicyclic) bond motifs is 1. The molecule has 10 heavy (non-hydrogen) atoms. The van der Waals surface area contributed by atoms with Crippen LogP contribution in [0, 0.1) is 0 Å². The minimum atomic E-state index is 0.671. The van der Waals surface area contributed by atoms with Gasteiger partial charge in [0.2, 0.25) is 0 Å². The predicted molar refractivity (Wildman–Crippen MR) is 39.7 cm³/mol. The fourth-order valence-electron chi connectivity index (χ4n) is 0.748. The molecule has 0 aliphatic rings. The molecule has 2 aromatic rings. The lowest BCUT2D eigenvalue weighted by Crippen LogP contribution is -1.80. The van der Waals surface area contributed by atoms with Gasteiger partial charge in [0.1, 0.15) is 18.2 Å². The number of hydrogen-bond acceptors (Lipinski definition) is 4. The van der Waals surface area contributed by atoms with E-state index < -0.39 is 0 Å². The molecule has 2 aromatic heterocycles. The van der Waals surface area contributed by atoms with Crippen molar-refractivity contribution in [2.75, 3.05) is 0 Å². The molecule has 0 atom stereocenters. The van der Waals surface area contributed by atoms with Crippen molar-refractivity contribution in [2.24, 2.45) is 0 Å². The smallest absolute Gasteiger partial charge is 0.181 e. The summed E-state index contributed by atoms with van der Waals surface area (Å²) in [6.07, 6.45) is 4.72. The van der Waals surface area contributed by atoms with Crippen molar-refractivity contribution < 1.29 is 0 Å². The summed E-state index contributed by atoms with van der Waals surface area (Å²) in [5, 5.41) is 0. The second-order valence-electron chi connectivity index (χ2n) is 1.82. The maximum Gasteiger partial charge on any atom is 0.181 e. The Balaban J connectivity index is 2.93. The number of rotatable bonds is 0. The van der Waals surface area contributed by atoms with Gasteiger partial charge in [-0.05, 0) is 0 Å². The average Bonchev–Trinajstić information content (AvgIpc) is 2.34. The number of aromatic nitrogens is 4. The molecule has 2 rings (SSSR count). The third kappa shape index (κ3) is 0.672. The standard InChI is InChI=1S/C5H4N4S/c10-9-3-8-5-4(9)1-6-2-7-5/h1-3,10H. The molecule has 0 saturated carbocycles. The molecule has 0 N–H and O–H groups in total. The number of thiol groups is 1. The zero-order valence-electron chi connectivity index (χ0n) is 4.97. The summed E-state index contributed by atoms with van der Waals surface area (Å²) < 4.78 is 1.58. The van der Waals surface area contributed by atoms with Gasteiger partial charge in [-0.1, -0.05) is 12.8 Å². The molecule has 0 aromatic carbocycles. The SMILES string of the molecule is Sn1cnc2ncncc21. The first-order valence-electron chi connectivity index (χ1n) is 2.70. The number of hydrogen-bond donors (Lipinski definition) is 1. The Kier molecular flexibility index (Phi) is 1.10. The van der Waals surface area contributed by atoms with Crippen molar-refractivity contribution in [1.82, 2.24) is 18.9 Å². The zero-order valence-corrected chi connectivity index (χ0v) is 5.86. The third-order valence-corrected chi connectivity index (χ3v) is 1.53. The van der Waals surface area contributed by atoms with Crippen LogP contribution in [0.2, 0.25) is 0 Å². The summed E-state index contributed by atoms with van der Waals surface area (Å²) in [5.41, 5.74) is 1.50. The van der Waals surface area contributed by atoms with Crippen LogP contribution in [-0.4, -0.2) is 18.9 Å². The van der Waals surface area contributed by atoms with Crippen LogP contribution in [0.3, 0.4) is 0 Å². The van der Waals surface area contributed by atoms with Gasteiger partial charge in [0.25, 0.3) is 0 Å². The Morgan fingerprint density at radius 2 is 2.30 bits per heavy atom. The van der Waals surface area contributed by atoms with E-state index in [0.717, 1.165) is 5.52 Å². The van der Waals surface area contributed by atoms with Gasteiger partial charge in [-0.3, -0.25) is 3.97 Å². The maximum absolute atomic E-state index is 4.08. The lowest BCUT2D eigenvalue weighted by atomic mass is 10.6. The average molecular weight is 152 g/mol.